The molecule has 1 amide bonds. The molecule has 0 aliphatic carbocycles. The Labute approximate surface area is 177 Å². The van der Waals surface area contributed by atoms with E-state index in [4.69, 9.17) is 39.5 Å². The maximum atomic E-state index is 12.2. The van der Waals surface area contributed by atoms with Crippen molar-refractivity contribution in [2.75, 3.05) is 18.5 Å². The molecule has 2 aromatic rings. The first-order chi connectivity index (χ1) is 13.2. The molecule has 0 radical (unpaired) electrons. The molecule has 11 heteroatoms. The van der Waals surface area contributed by atoms with Crippen molar-refractivity contribution >= 4 is 62.4 Å². The summed E-state index contributed by atoms with van der Waals surface area (Å²) in [7, 11) is -4.00. The molecule has 150 valence electrons. The van der Waals surface area contributed by atoms with Crippen LogP contribution in [0.1, 0.15) is 6.42 Å². The molecular formula is C17H15Cl3N2O5S. The van der Waals surface area contributed by atoms with E-state index in [1.54, 1.807) is 24.3 Å². The number of halogens is 3. The number of nitrogens with one attached hydrogen (secondary N) is 2. The second kappa shape index (κ2) is 10.1. The Morgan fingerprint density at radius 3 is 2.18 bits per heavy atom. The maximum absolute atomic E-state index is 12.2. The molecule has 0 fully saturated rings. The van der Waals surface area contributed by atoms with Crippen molar-refractivity contribution in [3.8, 4) is 0 Å². The molecule has 2 aromatic carbocycles. The Bertz CT molecular complexity index is 945. The van der Waals surface area contributed by atoms with Crippen LogP contribution in [0, 0.1) is 0 Å². The van der Waals surface area contributed by atoms with Gasteiger partial charge in [0.05, 0.1) is 16.5 Å². The molecule has 0 bridgehead atoms. The van der Waals surface area contributed by atoms with Crippen molar-refractivity contribution in [1.29, 1.82) is 0 Å². The number of esters is 1. The number of ether oxygens (including phenoxy) is 1. The smallest absolute Gasteiger partial charge is 0.307 e. The van der Waals surface area contributed by atoms with Gasteiger partial charge < -0.3 is 10.1 Å². The van der Waals surface area contributed by atoms with Gasteiger partial charge in [-0.1, -0.05) is 40.9 Å². The summed E-state index contributed by atoms with van der Waals surface area (Å²) in [6, 6.07) is 10.7. The van der Waals surface area contributed by atoms with E-state index in [9.17, 15) is 18.0 Å². The molecule has 0 saturated heterocycles. The number of carbonyl (C=O) groups is 2. The minimum absolute atomic E-state index is 0.0403. The van der Waals surface area contributed by atoms with Crippen molar-refractivity contribution in [2.45, 2.75) is 11.3 Å². The van der Waals surface area contributed by atoms with Gasteiger partial charge in [-0.3, -0.25) is 9.59 Å². The summed E-state index contributed by atoms with van der Waals surface area (Å²) in [6.07, 6.45) is -0.282. The summed E-state index contributed by atoms with van der Waals surface area (Å²) in [5.41, 5.74) is 0.495. The van der Waals surface area contributed by atoms with Crippen LogP contribution in [0.5, 0.6) is 0 Å². The molecule has 0 spiro atoms. The summed E-state index contributed by atoms with van der Waals surface area (Å²) < 4.78 is 31.5. The number of amides is 1. The molecule has 2 N–H and O–H groups in total. The Hall–Kier alpha value is -1.84. The van der Waals surface area contributed by atoms with Gasteiger partial charge >= 0.3 is 5.97 Å². The summed E-state index contributed by atoms with van der Waals surface area (Å²) in [5.74, 6) is -1.29. The number of anilines is 1. The third kappa shape index (κ3) is 6.65. The van der Waals surface area contributed by atoms with Crippen LogP contribution in [-0.4, -0.2) is 33.4 Å². The van der Waals surface area contributed by atoms with Crippen LogP contribution in [0.15, 0.2) is 47.4 Å². The van der Waals surface area contributed by atoms with E-state index in [0.29, 0.717) is 10.7 Å². The van der Waals surface area contributed by atoms with Crippen LogP contribution in [0.4, 0.5) is 5.69 Å². The topological polar surface area (TPSA) is 102 Å². The van der Waals surface area contributed by atoms with Crippen LogP contribution in [0.3, 0.4) is 0 Å². The third-order valence-electron chi connectivity index (χ3n) is 3.30. The number of hydrogen-bond donors (Lipinski definition) is 2. The molecule has 0 heterocycles. The van der Waals surface area contributed by atoms with Gasteiger partial charge in [0.25, 0.3) is 5.91 Å². The van der Waals surface area contributed by atoms with Gasteiger partial charge in [-0.2, -0.15) is 0 Å². The van der Waals surface area contributed by atoms with Crippen LogP contribution >= 0.6 is 34.8 Å². The van der Waals surface area contributed by atoms with Crippen LogP contribution in [-0.2, 0) is 24.3 Å². The predicted molar refractivity (Wildman–Crippen MR) is 107 cm³/mol. The Kier molecular flexibility index (Phi) is 8.09. The van der Waals surface area contributed by atoms with Gasteiger partial charge in [-0.15, -0.1) is 0 Å². The zero-order chi connectivity index (χ0) is 20.7. The SMILES string of the molecule is O=C(COC(=O)CCNS(=O)(=O)c1c(Cl)cccc1Cl)Nc1ccc(Cl)cc1. The van der Waals surface area contributed by atoms with Gasteiger partial charge in [-0.25, -0.2) is 13.1 Å². The van der Waals surface area contributed by atoms with Crippen molar-refractivity contribution < 1.29 is 22.7 Å². The molecule has 2 rings (SSSR count). The lowest BCUT2D eigenvalue weighted by molar-refractivity contribution is -0.147. The minimum Gasteiger partial charge on any atom is -0.456 e. The van der Waals surface area contributed by atoms with Gasteiger partial charge in [-0.05, 0) is 36.4 Å². The molecule has 0 aliphatic heterocycles. The molecule has 0 unspecified atom stereocenters. The first kappa shape index (κ1) is 22.4. The molecule has 0 aliphatic rings. The van der Waals surface area contributed by atoms with Gasteiger partial charge in [0.2, 0.25) is 10.0 Å². The number of sulfonamides is 1. The van der Waals surface area contributed by atoms with Crippen LogP contribution < -0.4 is 10.0 Å². The van der Waals surface area contributed by atoms with Crippen molar-refractivity contribution in [3.63, 3.8) is 0 Å². The lowest BCUT2D eigenvalue weighted by Crippen LogP contribution is -2.28. The Morgan fingerprint density at radius 2 is 1.57 bits per heavy atom. The maximum Gasteiger partial charge on any atom is 0.307 e. The minimum atomic E-state index is -4.00. The third-order valence-corrected chi connectivity index (χ3v) is 5.97. The summed E-state index contributed by atoms with van der Waals surface area (Å²) in [6.45, 7) is -0.758. The first-order valence-electron chi connectivity index (χ1n) is 7.84. The molecule has 0 saturated carbocycles. The van der Waals surface area contributed by atoms with Crippen LogP contribution in [0.25, 0.3) is 0 Å². The molecular weight excluding hydrogens is 451 g/mol. The lowest BCUT2D eigenvalue weighted by Gasteiger charge is -2.10. The lowest BCUT2D eigenvalue weighted by atomic mass is 10.3. The largest absolute Gasteiger partial charge is 0.456 e. The monoisotopic (exact) mass is 464 g/mol. The molecule has 0 atom stereocenters. The zero-order valence-corrected chi connectivity index (χ0v) is 17.3. The van der Waals surface area contributed by atoms with E-state index in [0.717, 1.165) is 0 Å². The highest BCUT2D eigenvalue weighted by molar-refractivity contribution is 7.89. The number of carbonyl (C=O) groups excluding carboxylic acids is 2. The summed E-state index contributed by atoms with van der Waals surface area (Å²) >= 11 is 17.5. The van der Waals surface area contributed by atoms with Gasteiger partial charge in [0.15, 0.2) is 6.61 Å². The quantitative estimate of drug-likeness (QED) is 0.581. The number of rotatable bonds is 8. The second-order valence-corrected chi connectivity index (χ2v) is 8.37. The highest BCUT2D eigenvalue weighted by Crippen LogP contribution is 2.28. The van der Waals surface area contributed by atoms with Crippen molar-refractivity contribution in [3.05, 3.63) is 57.5 Å². The fraction of sp³-hybridized carbons (Fsp3) is 0.176. The Morgan fingerprint density at radius 1 is 0.964 bits per heavy atom. The van der Waals surface area contributed by atoms with E-state index < -0.39 is 28.5 Å². The first-order valence-corrected chi connectivity index (χ1v) is 10.5. The fourth-order valence-corrected chi connectivity index (χ4v) is 4.34. The van der Waals surface area contributed by atoms with E-state index in [2.05, 4.69) is 10.0 Å². The molecule has 0 aromatic heterocycles. The number of benzene rings is 2. The Balaban J connectivity index is 1.78. The molecule has 7 nitrogen and oxygen atoms in total. The second-order valence-electron chi connectivity index (χ2n) is 5.41. The molecule has 28 heavy (non-hydrogen) atoms. The van der Waals surface area contributed by atoms with Gasteiger partial charge in [0, 0.05) is 17.3 Å². The van der Waals surface area contributed by atoms with Crippen LogP contribution in [0.2, 0.25) is 15.1 Å². The highest BCUT2D eigenvalue weighted by Gasteiger charge is 2.21. The van der Waals surface area contributed by atoms with Gasteiger partial charge in [0.1, 0.15) is 4.90 Å². The summed E-state index contributed by atoms with van der Waals surface area (Å²) in [5, 5.41) is 2.96. The van der Waals surface area contributed by atoms with Crippen molar-refractivity contribution in [2.24, 2.45) is 0 Å². The van der Waals surface area contributed by atoms with E-state index in [-0.39, 0.29) is 27.9 Å². The summed E-state index contributed by atoms with van der Waals surface area (Å²) in [4.78, 5) is 23.2. The number of hydrogen-bond acceptors (Lipinski definition) is 5. The average molecular weight is 466 g/mol. The standard InChI is InChI=1S/C17H15Cl3N2O5S/c18-11-4-6-12(7-5-11)22-15(23)10-27-16(24)8-9-21-28(25,26)17-13(19)2-1-3-14(17)20/h1-7,21H,8-10H2,(H,22,23). The normalized spacial score (nSPS) is 11.1. The average Bonchev–Trinajstić information content (AvgIpc) is 2.61. The predicted octanol–water partition coefficient (Wildman–Crippen LogP) is 3.50. The van der Waals surface area contributed by atoms with Crippen molar-refractivity contribution in [1.82, 2.24) is 4.72 Å². The van der Waals surface area contributed by atoms with E-state index >= 15 is 0 Å². The zero-order valence-electron chi connectivity index (χ0n) is 14.2. The fourth-order valence-electron chi connectivity index (χ4n) is 2.05. The van der Waals surface area contributed by atoms with E-state index in [1.807, 2.05) is 0 Å². The highest BCUT2D eigenvalue weighted by atomic mass is 35.5. The van der Waals surface area contributed by atoms with E-state index in [1.165, 1.54) is 18.2 Å².